The number of hydrogen-bond acceptors (Lipinski definition) is 3. The first-order valence-electron chi connectivity index (χ1n) is 9.61. The van der Waals surface area contributed by atoms with Gasteiger partial charge < -0.3 is 15.4 Å². The van der Waals surface area contributed by atoms with Gasteiger partial charge >= 0.3 is 0 Å². The van der Waals surface area contributed by atoms with Gasteiger partial charge in [0.05, 0.1) is 6.61 Å². The number of carbonyl (C=O) groups excluding carboxylic acids is 2. The fourth-order valence-electron chi connectivity index (χ4n) is 3.00. The Hall–Kier alpha value is -2.66. The molecule has 1 atom stereocenters. The number of amides is 2. The number of aryl methyl sites for hydroxylation is 1. The summed E-state index contributed by atoms with van der Waals surface area (Å²) in [6.07, 6.45) is 0.580. The number of ether oxygens (including phenoxy) is 1. The highest BCUT2D eigenvalue weighted by Gasteiger charge is 2.22. The summed E-state index contributed by atoms with van der Waals surface area (Å²) in [5.74, 6) is -0.110. The first-order valence-corrected chi connectivity index (χ1v) is 9.61. The zero-order chi connectivity index (χ0) is 20.5. The molecule has 2 rings (SSSR count). The van der Waals surface area contributed by atoms with Crippen LogP contribution in [0, 0.1) is 12.8 Å². The quantitative estimate of drug-likeness (QED) is 0.696. The molecule has 0 aromatic heterocycles. The van der Waals surface area contributed by atoms with Crippen molar-refractivity contribution in [2.75, 3.05) is 7.11 Å². The predicted octanol–water partition coefficient (Wildman–Crippen LogP) is 3.60. The van der Waals surface area contributed by atoms with Gasteiger partial charge in [0.15, 0.2) is 0 Å². The molecular weight excluding hydrogens is 352 g/mol. The number of rotatable bonds is 9. The highest BCUT2D eigenvalue weighted by atomic mass is 16.5. The van der Waals surface area contributed by atoms with Crippen LogP contribution in [-0.2, 0) is 22.7 Å². The van der Waals surface area contributed by atoms with Gasteiger partial charge in [-0.15, -0.1) is 0 Å². The molecule has 0 aliphatic rings. The summed E-state index contributed by atoms with van der Waals surface area (Å²) in [4.78, 5) is 25.4. The minimum absolute atomic E-state index is 0.170. The summed E-state index contributed by atoms with van der Waals surface area (Å²) in [6, 6.07) is 14.7. The zero-order valence-corrected chi connectivity index (χ0v) is 17.1. The maximum absolute atomic E-state index is 12.7. The molecule has 1 unspecified atom stereocenters. The average Bonchev–Trinajstić information content (AvgIpc) is 2.67. The Morgan fingerprint density at radius 1 is 1.00 bits per heavy atom. The van der Waals surface area contributed by atoms with E-state index in [1.165, 1.54) is 0 Å². The molecule has 0 heterocycles. The second-order valence-electron chi connectivity index (χ2n) is 7.44. The largest absolute Gasteiger partial charge is 0.380 e. The lowest BCUT2D eigenvalue weighted by Gasteiger charge is -2.21. The van der Waals surface area contributed by atoms with E-state index in [1.54, 1.807) is 13.2 Å². The van der Waals surface area contributed by atoms with Crippen molar-refractivity contribution in [2.24, 2.45) is 5.92 Å². The second-order valence-corrected chi connectivity index (χ2v) is 7.44. The van der Waals surface area contributed by atoms with Crippen LogP contribution in [0.2, 0.25) is 0 Å². The van der Waals surface area contributed by atoms with Crippen molar-refractivity contribution in [3.63, 3.8) is 0 Å². The third kappa shape index (κ3) is 6.50. The van der Waals surface area contributed by atoms with E-state index < -0.39 is 6.04 Å². The molecule has 150 valence electrons. The van der Waals surface area contributed by atoms with Crippen LogP contribution in [0.25, 0.3) is 0 Å². The van der Waals surface area contributed by atoms with Crippen molar-refractivity contribution in [1.29, 1.82) is 0 Å². The predicted molar refractivity (Wildman–Crippen MR) is 111 cm³/mol. The van der Waals surface area contributed by atoms with Gasteiger partial charge in [-0.2, -0.15) is 0 Å². The lowest BCUT2D eigenvalue weighted by atomic mass is 10.0. The second kappa shape index (κ2) is 10.6. The number of benzene rings is 2. The normalized spacial score (nSPS) is 11.9. The molecule has 2 amide bonds. The maximum atomic E-state index is 12.7. The summed E-state index contributed by atoms with van der Waals surface area (Å²) < 4.78 is 5.11. The molecule has 28 heavy (non-hydrogen) atoms. The third-order valence-corrected chi connectivity index (χ3v) is 4.52. The van der Waals surface area contributed by atoms with Gasteiger partial charge in [-0.05, 0) is 42.0 Å². The van der Waals surface area contributed by atoms with E-state index in [0.717, 1.165) is 16.7 Å². The lowest BCUT2D eigenvalue weighted by Crippen LogP contribution is -2.47. The average molecular weight is 383 g/mol. The monoisotopic (exact) mass is 382 g/mol. The summed E-state index contributed by atoms with van der Waals surface area (Å²) >= 11 is 0. The number of methoxy groups -OCH3 is 1. The molecule has 0 aliphatic heterocycles. The van der Waals surface area contributed by atoms with Gasteiger partial charge in [0.1, 0.15) is 6.04 Å². The fraction of sp³-hybridized carbons (Fsp3) is 0.391. The summed E-state index contributed by atoms with van der Waals surface area (Å²) in [6.45, 7) is 6.94. The molecule has 0 bridgehead atoms. The van der Waals surface area contributed by atoms with Crippen LogP contribution < -0.4 is 10.6 Å². The molecule has 0 aliphatic carbocycles. The topological polar surface area (TPSA) is 67.4 Å². The van der Waals surface area contributed by atoms with Crippen LogP contribution in [0.15, 0.2) is 48.5 Å². The van der Waals surface area contributed by atoms with Crippen LogP contribution >= 0.6 is 0 Å². The first-order chi connectivity index (χ1) is 13.4. The lowest BCUT2D eigenvalue weighted by molar-refractivity contribution is -0.123. The van der Waals surface area contributed by atoms with Gasteiger partial charge in [-0.25, -0.2) is 0 Å². The molecule has 2 N–H and O–H groups in total. The fourth-order valence-corrected chi connectivity index (χ4v) is 3.00. The molecule has 0 saturated carbocycles. The Bertz CT molecular complexity index is 785. The van der Waals surface area contributed by atoms with Crippen molar-refractivity contribution >= 4 is 11.8 Å². The van der Waals surface area contributed by atoms with Crippen LogP contribution in [0.1, 0.15) is 47.3 Å². The summed E-state index contributed by atoms with van der Waals surface area (Å²) in [7, 11) is 1.66. The van der Waals surface area contributed by atoms with E-state index in [-0.39, 0.29) is 17.7 Å². The Morgan fingerprint density at radius 2 is 1.64 bits per heavy atom. The number of carbonyl (C=O) groups is 2. The van der Waals surface area contributed by atoms with Gasteiger partial charge in [0, 0.05) is 19.2 Å². The Labute approximate surface area is 167 Å². The van der Waals surface area contributed by atoms with Crippen molar-refractivity contribution in [3.05, 3.63) is 70.8 Å². The van der Waals surface area contributed by atoms with Crippen molar-refractivity contribution in [2.45, 2.75) is 46.4 Å². The first kappa shape index (κ1) is 21.6. The third-order valence-electron chi connectivity index (χ3n) is 4.52. The standard InChI is InChI=1S/C23H30N2O3/c1-16(2)13-21(25-22(26)20-8-6-5-7-17(20)3)23(27)24-14-18-9-11-19(12-10-18)15-28-4/h5-12,16,21H,13-15H2,1-4H3,(H,24,27)(H,25,26). The van der Waals surface area contributed by atoms with Gasteiger partial charge in [-0.3, -0.25) is 9.59 Å². The van der Waals surface area contributed by atoms with E-state index in [2.05, 4.69) is 10.6 Å². The van der Waals surface area contributed by atoms with Crippen molar-refractivity contribution < 1.29 is 14.3 Å². The van der Waals surface area contributed by atoms with Crippen LogP contribution in [-0.4, -0.2) is 25.0 Å². The molecule has 0 saturated heterocycles. The molecule has 2 aromatic carbocycles. The highest BCUT2D eigenvalue weighted by Crippen LogP contribution is 2.11. The van der Waals surface area contributed by atoms with Crippen LogP contribution in [0.4, 0.5) is 0 Å². The minimum atomic E-state index is -0.570. The summed E-state index contributed by atoms with van der Waals surface area (Å²) in [5.41, 5.74) is 3.57. The van der Waals surface area contributed by atoms with E-state index in [1.807, 2.05) is 63.2 Å². The molecule has 0 radical (unpaired) electrons. The molecule has 5 nitrogen and oxygen atoms in total. The van der Waals surface area contributed by atoms with Gasteiger partial charge in [0.25, 0.3) is 5.91 Å². The minimum Gasteiger partial charge on any atom is -0.380 e. The smallest absolute Gasteiger partial charge is 0.252 e. The SMILES string of the molecule is COCc1ccc(CNC(=O)C(CC(C)C)NC(=O)c2ccccc2C)cc1. The number of hydrogen-bond donors (Lipinski definition) is 2. The molecule has 5 heteroatoms. The van der Waals surface area contributed by atoms with Gasteiger partial charge in [-0.1, -0.05) is 56.3 Å². The Balaban J connectivity index is 2.00. The van der Waals surface area contributed by atoms with Crippen LogP contribution in [0.5, 0.6) is 0 Å². The van der Waals surface area contributed by atoms with E-state index in [0.29, 0.717) is 25.1 Å². The molecule has 0 spiro atoms. The number of nitrogens with one attached hydrogen (secondary N) is 2. The Morgan fingerprint density at radius 3 is 2.25 bits per heavy atom. The highest BCUT2D eigenvalue weighted by molar-refractivity contribution is 5.98. The Kier molecular flexibility index (Phi) is 8.20. The van der Waals surface area contributed by atoms with Gasteiger partial charge in [0.2, 0.25) is 5.91 Å². The van der Waals surface area contributed by atoms with Crippen molar-refractivity contribution in [3.8, 4) is 0 Å². The molecule has 0 fully saturated rings. The zero-order valence-electron chi connectivity index (χ0n) is 17.1. The molecular formula is C23H30N2O3. The van der Waals surface area contributed by atoms with E-state index in [9.17, 15) is 9.59 Å². The van der Waals surface area contributed by atoms with Crippen LogP contribution in [0.3, 0.4) is 0 Å². The maximum Gasteiger partial charge on any atom is 0.252 e. The molecule has 2 aromatic rings. The van der Waals surface area contributed by atoms with Crippen molar-refractivity contribution in [1.82, 2.24) is 10.6 Å². The van der Waals surface area contributed by atoms with E-state index >= 15 is 0 Å². The van der Waals surface area contributed by atoms with E-state index in [4.69, 9.17) is 4.74 Å². The summed E-state index contributed by atoms with van der Waals surface area (Å²) in [5, 5.41) is 5.84.